The average Bonchev–Trinajstić information content (AvgIpc) is 2.47. The highest BCUT2D eigenvalue weighted by Crippen LogP contribution is 2.21. The standard InChI is InChI=1S/C17H21BrN2OS/c1-17(2,3)22(21)20-16(11-13-7-5-4-6-8-13)15-10-9-14(18)12-19-15/h4-10,12,16,20H,11H2,1-3H3/t16-,22-/m0/s1. The molecule has 0 unspecified atom stereocenters. The van der Waals surface area contributed by atoms with Gasteiger partial charge in [0, 0.05) is 10.7 Å². The van der Waals surface area contributed by atoms with Crippen LogP contribution in [0.3, 0.4) is 0 Å². The molecule has 0 radical (unpaired) electrons. The minimum Gasteiger partial charge on any atom is -0.258 e. The van der Waals surface area contributed by atoms with Crippen molar-refractivity contribution in [3.05, 3.63) is 64.4 Å². The van der Waals surface area contributed by atoms with E-state index in [1.54, 1.807) is 6.20 Å². The van der Waals surface area contributed by atoms with Crippen molar-refractivity contribution in [1.82, 2.24) is 9.71 Å². The summed E-state index contributed by atoms with van der Waals surface area (Å²) in [5, 5.41) is 0. The van der Waals surface area contributed by atoms with Crippen LogP contribution in [0.1, 0.15) is 38.1 Å². The number of rotatable bonds is 5. The normalized spacial score (nSPS) is 14.5. The van der Waals surface area contributed by atoms with E-state index >= 15 is 0 Å². The van der Waals surface area contributed by atoms with Gasteiger partial charge < -0.3 is 0 Å². The van der Waals surface area contributed by atoms with E-state index in [1.165, 1.54) is 5.56 Å². The molecule has 2 atom stereocenters. The number of aromatic nitrogens is 1. The Bertz CT molecular complexity index is 623. The van der Waals surface area contributed by atoms with E-state index in [0.717, 1.165) is 16.6 Å². The van der Waals surface area contributed by atoms with Crippen molar-refractivity contribution >= 4 is 26.9 Å². The van der Waals surface area contributed by atoms with Crippen LogP contribution in [-0.2, 0) is 17.4 Å². The van der Waals surface area contributed by atoms with Gasteiger partial charge in [-0.2, -0.15) is 0 Å². The SMILES string of the molecule is CC(C)(C)[S@](=O)N[C@@H](Cc1ccccc1)c1ccc(Br)cn1. The number of nitrogens with zero attached hydrogens (tertiary/aromatic N) is 1. The molecule has 0 bridgehead atoms. The lowest BCUT2D eigenvalue weighted by Gasteiger charge is -2.24. The molecule has 0 aliphatic heterocycles. The molecule has 1 N–H and O–H groups in total. The Hall–Kier alpha value is -1.04. The first-order valence-corrected chi connectivity index (χ1v) is 9.14. The Balaban J connectivity index is 2.24. The van der Waals surface area contributed by atoms with Crippen LogP contribution < -0.4 is 4.72 Å². The summed E-state index contributed by atoms with van der Waals surface area (Å²) in [6, 6.07) is 14.0. The maximum Gasteiger partial charge on any atom is 0.0976 e. The number of benzene rings is 1. The molecule has 22 heavy (non-hydrogen) atoms. The molecule has 3 nitrogen and oxygen atoms in total. The van der Waals surface area contributed by atoms with E-state index in [1.807, 2.05) is 51.1 Å². The topological polar surface area (TPSA) is 42.0 Å². The third-order valence-electron chi connectivity index (χ3n) is 3.20. The summed E-state index contributed by atoms with van der Waals surface area (Å²) >= 11 is 3.40. The van der Waals surface area contributed by atoms with E-state index in [9.17, 15) is 4.21 Å². The first-order valence-electron chi connectivity index (χ1n) is 7.19. The van der Waals surface area contributed by atoms with Crippen molar-refractivity contribution in [3.8, 4) is 0 Å². The predicted octanol–water partition coefficient (Wildman–Crippen LogP) is 4.18. The van der Waals surface area contributed by atoms with Crippen LogP contribution in [0.5, 0.6) is 0 Å². The van der Waals surface area contributed by atoms with Gasteiger partial charge in [0.2, 0.25) is 0 Å². The van der Waals surface area contributed by atoms with Crippen LogP contribution in [0.25, 0.3) is 0 Å². The zero-order valence-electron chi connectivity index (χ0n) is 13.0. The molecule has 2 rings (SSSR count). The highest BCUT2D eigenvalue weighted by molar-refractivity contribution is 9.10. The van der Waals surface area contributed by atoms with Crippen molar-refractivity contribution in [2.24, 2.45) is 0 Å². The number of nitrogens with one attached hydrogen (secondary N) is 1. The van der Waals surface area contributed by atoms with Gasteiger partial charge >= 0.3 is 0 Å². The molecule has 0 amide bonds. The molecule has 1 heterocycles. The van der Waals surface area contributed by atoms with Gasteiger partial charge in [0.1, 0.15) is 0 Å². The van der Waals surface area contributed by atoms with Crippen LogP contribution in [0.15, 0.2) is 53.1 Å². The maximum atomic E-state index is 12.5. The number of halogens is 1. The van der Waals surface area contributed by atoms with Gasteiger partial charge in [0.05, 0.1) is 27.5 Å². The molecule has 0 fully saturated rings. The van der Waals surface area contributed by atoms with Crippen molar-refractivity contribution in [3.63, 3.8) is 0 Å². The van der Waals surface area contributed by atoms with E-state index in [2.05, 4.69) is 37.8 Å². The van der Waals surface area contributed by atoms with E-state index in [4.69, 9.17) is 0 Å². The van der Waals surface area contributed by atoms with Gasteiger partial charge in [-0.3, -0.25) is 4.98 Å². The Kier molecular flexibility index (Phi) is 5.89. The highest BCUT2D eigenvalue weighted by Gasteiger charge is 2.24. The fourth-order valence-electron chi connectivity index (χ4n) is 1.96. The summed E-state index contributed by atoms with van der Waals surface area (Å²) in [4.78, 5) is 4.47. The van der Waals surface area contributed by atoms with Crippen molar-refractivity contribution in [2.75, 3.05) is 0 Å². The summed E-state index contributed by atoms with van der Waals surface area (Å²) in [7, 11) is -1.15. The Labute approximate surface area is 143 Å². The van der Waals surface area contributed by atoms with Crippen molar-refractivity contribution in [1.29, 1.82) is 0 Å². The molecule has 0 saturated heterocycles. The Morgan fingerprint density at radius 1 is 1.18 bits per heavy atom. The average molecular weight is 381 g/mol. The second kappa shape index (κ2) is 7.49. The fourth-order valence-corrected chi connectivity index (χ4v) is 3.01. The molecule has 1 aromatic heterocycles. The lowest BCUT2D eigenvalue weighted by atomic mass is 10.0. The lowest BCUT2D eigenvalue weighted by Crippen LogP contribution is -2.36. The minimum absolute atomic E-state index is 0.0874. The third-order valence-corrected chi connectivity index (χ3v) is 5.28. The van der Waals surface area contributed by atoms with Gasteiger partial charge in [-0.15, -0.1) is 0 Å². The van der Waals surface area contributed by atoms with Crippen LogP contribution in [0.2, 0.25) is 0 Å². The third kappa shape index (κ3) is 5.00. The van der Waals surface area contributed by atoms with Gasteiger partial charge in [-0.25, -0.2) is 8.93 Å². The second-order valence-electron chi connectivity index (χ2n) is 6.14. The zero-order chi connectivity index (χ0) is 16.2. The van der Waals surface area contributed by atoms with Crippen LogP contribution in [-0.4, -0.2) is 13.9 Å². The quantitative estimate of drug-likeness (QED) is 0.844. The summed E-state index contributed by atoms with van der Waals surface area (Å²) in [6.07, 6.45) is 2.52. The Morgan fingerprint density at radius 2 is 1.86 bits per heavy atom. The van der Waals surface area contributed by atoms with Crippen molar-refractivity contribution in [2.45, 2.75) is 38.0 Å². The summed E-state index contributed by atoms with van der Waals surface area (Å²) in [6.45, 7) is 5.89. The largest absolute Gasteiger partial charge is 0.258 e. The molecule has 0 spiro atoms. The predicted molar refractivity (Wildman–Crippen MR) is 95.9 cm³/mol. The monoisotopic (exact) mass is 380 g/mol. The number of hydrogen-bond donors (Lipinski definition) is 1. The van der Waals surface area contributed by atoms with Crippen LogP contribution in [0, 0.1) is 0 Å². The van der Waals surface area contributed by atoms with Crippen LogP contribution >= 0.6 is 15.9 Å². The summed E-state index contributed by atoms with van der Waals surface area (Å²) in [5.74, 6) is 0. The van der Waals surface area contributed by atoms with Crippen LogP contribution in [0.4, 0.5) is 0 Å². The molecule has 0 aliphatic carbocycles. The maximum absolute atomic E-state index is 12.5. The van der Waals surface area contributed by atoms with E-state index in [-0.39, 0.29) is 10.8 Å². The van der Waals surface area contributed by atoms with Gasteiger partial charge in [-0.1, -0.05) is 30.3 Å². The molecular formula is C17H21BrN2OS. The Morgan fingerprint density at radius 3 is 2.41 bits per heavy atom. The molecule has 1 aromatic carbocycles. The molecule has 118 valence electrons. The van der Waals surface area contributed by atoms with Gasteiger partial charge in [0.25, 0.3) is 0 Å². The molecular weight excluding hydrogens is 360 g/mol. The molecule has 0 saturated carbocycles. The molecule has 2 aromatic rings. The zero-order valence-corrected chi connectivity index (χ0v) is 15.4. The van der Waals surface area contributed by atoms with E-state index in [0.29, 0.717) is 0 Å². The molecule has 0 aliphatic rings. The lowest BCUT2D eigenvalue weighted by molar-refractivity contribution is 0.588. The molecule has 5 heteroatoms. The van der Waals surface area contributed by atoms with E-state index < -0.39 is 11.0 Å². The van der Waals surface area contributed by atoms with Gasteiger partial charge in [-0.05, 0) is 60.8 Å². The number of hydrogen-bond acceptors (Lipinski definition) is 2. The summed E-state index contributed by atoms with van der Waals surface area (Å²) < 4.78 is 16.3. The first-order chi connectivity index (χ1) is 10.4. The van der Waals surface area contributed by atoms with Gasteiger partial charge in [0.15, 0.2) is 0 Å². The van der Waals surface area contributed by atoms with Crippen molar-refractivity contribution < 1.29 is 4.21 Å². The smallest absolute Gasteiger partial charge is 0.0976 e. The first kappa shape index (κ1) is 17.3. The minimum atomic E-state index is -1.15. The fraction of sp³-hybridized carbons (Fsp3) is 0.353. The number of pyridine rings is 1. The highest BCUT2D eigenvalue weighted by atomic mass is 79.9. The summed E-state index contributed by atoms with van der Waals surface area (Å²) in [5.41, 5.74) is 2.08. The second-order valence-corrected chi connectivity index (χ2v) is 9.06.